The predicted molar refractivity (Wildman–Crippen MR) is 74.1 cm³/mol. The molecule has 0 radical (unpaired) electrons. The molecular formula is C12H13BrN2O2S. The number of carbonyl (C=O) groups is 2. The first-order chi connectivity index (χ1) is 8.66. The lowest BCUT2D eigenvalue weighted by atomic mass is 9.94. The second kappa shape index (κ2) is 6.15. The number of halogens is 1. The normalized spacial score (nSPS) is 18.4. The highest BCUT2D eigenvalue weighted by Gasteiger charge is 2.19. The van der Waals surface area contributed by atoms with E-state index >= 15 is 0 Å². The Kier molecular flexibility index (Phi) is 4.54. The molecule has 1 aromatic heterocycles. The van der Waals surface area contributed by atoms with Gasteiger partial charge in [-0.3, -0.25) is 20.4 Å². The summed E-state index contributed by atoms with van der Waals surface area (Å²) >= 11 is 4.61. The van der Waals surface area contributed by atoms with Crippen molar-refractivity contribution in [2.45, 2.75) is 19.3 Å². The van der Waals surface area contributed by atoms with Crippen molar-refractivity contribution in [3.63, 3.8) is 0 Å². The monoisotopic (exact) mass is 328 g/mol. The van der Waals surface area contributed by atoms with Crippen LogP contribution in [0.2, 0.25) is 0 Å². The molecule has 0 aromatic carbocycles. The Morgan fingerprint density at radius 2 is 2.11 bits per heavy atom. The molecular weight excluding hydrogens is 316 g/mol. The SMILES string of the molecule is O=C(NNC(=O)C1CC=CCC1)c1ccc(Br)s1. The third kappa shape index (κ3) is 3.43. The molecule has 0 saturated carbocycles. The molecule has 1 heterocycles. The van der Waals surface area contributed by atoms with Crippen LogP contribution in [-0.4, -0.2) is 11.8 Å². The van der Waals surface area contributed by atoms with Crippen molar-refractivity contribution in [1.82, 2.24) is 10.9 Å². The minimum Gasteiger partial charge on any atom is -0.273 e. The van der Waals surface area contributed by atoms with Gasteiger partial charge >= 0.3 is 0 Å². The Bertz CT molecular complexity index is 484. The van der Waals surface area contributed by atoms with Gasteiger partial charge in [-0.1, -0.05) is 12.2 Å². The molecule has 1 aromatic rings. The van der Waals surface area contributed by atoms with E-state index in [0.29, 0.717) is 4.88 Å². The molecule has 1 aliphatic carbocycles. The first kappa shape index (κ1) is 13.3. The average Bonchev–Trinajstić information content (AvgIpc) is 2.83. The number of hydrogen-bond donors (Lipinski definition) is 2. The Labute approximate surface area is 118 Å². The smallest absolute Gasteiger partial charge is 0.273 e. The van der Waals surface area contributed by atoms with Crippen LogP contribution < -0.4 is 10.9 Å². The minimum absolute atomic E-state index is 0.0367. The van der Waals surface area contributed by atoms with Crippen molar-refractivity contribution in [1.29, 1.82) is 0 Å². The third-order valence-corrected chi connectivity index (χ3v) is 4.36. The van der Waals surface area contributed by atoms with E-state index in [9.17, 15) is 9.59 Å². The first-order valence-electron chi connectivity index (χ1n) is 5.67. The van der Waals surface area contributed by atoms with E-state index in [4.69, 9.17) is 0 Å². The molecule has 0 saturated heterocycles. The maximum absolute atomic E-state index is 11.8. The molecule has 2 amide bonds. The number of rotatable bonds is 2. The lowest BCUT2D eigenvalue weighted by Gasteiger charge is -2.17. The molecule has 0 fully saturated rings. The van der Waals surface area contributed by atoms with E-state index in [1.54, 1.807) is 12.1 Å². The molecule has 4 nitrogen and oxygen atoms in total. The summed E-state index contributed by atoms with van der Waals surface area (Å²) in [6, 6.07) is 3.51. The highest BCUT2D eigenvalue weighted by molar-refractivity contribution is 9.11. The number of amides is 2. The number of hydrazine groups is 1. The lowest BCUT2D eigenvalue weighted by molar-refractivity contribution is -0.126. The molecule has 0 bridgehead atoms. The highest BCUT2D eigenvalue weighted by atomic mass is 79.9. The van der Waals surface area contributed by atoms with Crippen molar-refractivity contribution in [3.05, 3.63) is 32.9 Å². The Morgan fingerprint density at radius 3 is 2.72 bits per heavy atom. The van der Waals surface area contributed by atoms with Crippen molar-refractivity contribution in [3.8, 4) is 0 Å². The number of hydrogen-bond acceptors (Lipinski definition) is 3. The van der Waals surface area contributed by atoms with Crippen LogP contribution in [0, 0.1) is 5.92 Å². The summed E-state index contributed by atoms with van der Waals surface area (Å²) in [5.74, 6) is -0.445. The van der Waals surface area contributed by atoms with Gasteiger partial charge in [-0.15, -0.1) is 11.3 Å². The Hall–Kier alpha value is -1.14. The summed E-state index contributed by atoms with van der Waals surface area (Å²) in [5.41, 5.74) is 4.92. The standard InChI is InChI=1S/C12H13BrN2O2S/c13-10-7-6-9(18-10)12(17)15-14-11(16)8-4-2-1-3-5-8/h1-2,6-8H,3-5H2,(H,14,16)(H,15,17). The van der Waals surface area contributed by atoms with Crippen LogP contribution in [0.5, 0.6) is 0 Å². The predicted octanol–water partition coefficient (Wildman–Crippen LogP) is 2.63. The number of nitrogens with one attached hydrogen (secondary N) is 2. The first-order valence-corrected chi connectivity index (χ1v) is 7.28. The summed E-state index contributed by atoms with van der Waals surface area (Å²) in [6.45, 7) is 0. The van der Waals surface area contributed by atoms with Crippen LogP contribution >= 0.6 is 27.3 Å². The van der Waals surface area contributed by atoms with Gasteiger partial charge in [-0.2, -0.15) is 0 Å². The van der Waals surface area contributed by atoms with Crippen LogP contribution in [0.1, 0.15) is 28.9 Å². The van der Waals surface area contributed by atoms with E-state index < -0.39 is 0 Å². The summed E-state index contributed by atoms with van der Waals surface area (Å²) in [4.78, 5) is 24.0. The highest BCUT2D eigenvalue weighted by Crippen LogP contribution is 2.21. The van der Waals surface area contributed by atoms with Gasteiger partial charge in [0.25, 0.3) is 5.91 Å². The molecule has 1 unspecified atom stereocenters. The van der Waals surface area contributed by atoms with Crippen molar-refractivity contribution in [2.24, 2.45) is 5.92 Å². The van der Waals surface area contributed by atoms with Crippen molar-refractivity contribution in [2.75, 3.05) is 0 Å². The van der Waals surface area contributed by atoms with E-state index in [1.165, 1.54) is 11.3 Å². The summed E-state index contributed by atoms with van der Waals surface area (Å²) in [6.07, 6.45) is 6.58. The maximum Gasteiger partial charge on any atom is 0.279 e. The second-order valence-electron chi connectivity index (χ2n) is 4.03. The van der Waals surface area contributed by atoms with E-state index in [2.05, 4.69) is 32.9 Å². The van der Waals surface area contributed by atoms with Crippen molar-refractivity contribution >= 4 is 39.1 Å². The second-order valence-corrected chi connectivity index (χ2v) is 6.49. The molecule has 18 heavy (non-hydrogen) atoms. The van der Waals surface area contributed by atoms with Gasteiger partial charge in [-0.05, 0) is 47.3 Å². The molecule has 1 aliphatic rings. The van der Waals surface area contributed by atoms with E-state index in [1.807, 2.05) is 6.08 Å². The van der Waals surface area contributed by atoms with Gasteiger partial charge in [0.05, 0.1) is 8.66 Å². The average molecular weight is 329 g/mol. The fourth-order valence-corrected chi connectivity index (χ4v) is 3.03. The summed E-state index contributed by atoms with van der Waals surface area (Å²) < 4.78 is 0.886. The van der Waals surface area contributed by atoms with Crippen molar-refractivity contribution < 1.29 is 9.59 Å². The van der Waals surface area contributed by atoms with Crippen LogP contribution in [0.3, 0.4) is 0 Å². The summed E-state index contributed by atoms with van der Waals surface area (Å²) in [7, 11) is 0. The Morgan fingerprint density at radius 1 is 1.28 bits per heavy atom. The zero-order valence-electron chi connectivity index (χ0n) is 9.61. The minimum atomic E-state index is -0.287. The van der Waals surface area contributed by atoms with E-state index in [0.717, 1.165) is 23.0 Å². The maximum atomic E-state index is 11.8. The van der Waals surface area contributed by atoms with Crippen LogP contribution in [-0.2, 0) is 4.79 Å². The quantitative estimate of drug-likeness (QED) is 0.647. The van der Waals surface area contributed by atoms with Gasteiger partial charge in [-0.25, -0.2) is 0 Å². The number of thiophene rings is 1. The molecule has 0 aliphatic heterocycles. The van der Waals surface area contributed by atoms with Gasteiger partial charge in [0.1, 0.15) is 0 Å². The van der Waals surface area contributed by atoms with E-state index in [-0.39, 0.29) is 17.7 Å². The van der Waals surface area contributed by atoms with Gasteiger partial charge < -0.3 is 0 Å². The zero-order valence-corrected chi connectivity index (χ0v) is 12.0. The largest absolute Gasteiger partial charge is 0.279 e. The molecule has 96 valence electrons. The molecule has 2 N–H and O–H groups in total. The topological polar surface area (TPSA) is 58.2 Å². The zero-order chi connectivity index (χ0) is 13.0. The fraction of sp³-hybridized carbons (Fsp3) is 0.333. The van der Waals surface area contributed by atoms with Gasteiger partial charge in [0.15, 0.2) is 0 Å². The Balaban J connectivity index is 1.82. The molecule has 6 heteroatoms. The van der Waals surface area contributed by atoms with Gasteiger partial charge in [0.2, 0.25) is 5.91 Å². The third-order valence-electron chi connectivity index (χ3n) is 2.74. The molecule has 0 spiro atoms. The number of allylic oxidation sites excluding steroid dienone is 2. The lowest BCUT2D eigenvalue weighted by Crippen LogP contribution is -2.44. The van der Waals surface area contributed by atoms with Crippen LogP contribution in [0.4, 0.5) is 0 Å². The molecule has 1 atom stereocenters. The van der Waals surface area contributed by atoms with Crippen LogP contribution in [0.15, 0.2) is 28.1 Å². The van der Waals surface area contributed by atoms with Gasteiger partial charge in [0, 0.05) is 5.92 Å². The van der Waals surface area contributed by atoms with Crippen LogP contribution in [0.25, 0.3) is 0 Å². The number of carbonyl (C=O) groups excluding carboxylic acids is 2. The fourth-order valence-electron chi connectivity index (χ4n) is 1.75. The molecule has 2 rings (SSSR count). The summed E-state index contributed by atoms with van der Waals surface area (Å²) in [5, 5.41) is 0.